The van der Waals surface area contributed by atoms with Crippen LogP contribution in [0.3, 0.4) is 0 Å². The molecule has 28 heavy (non-hydrogen) atoms. The van der Waals surface area contributed by atoms with E-state index in [1.165, 1.54) is 0 Å². The van der Waals surface area contributed by atoms with Gasteiger partial charge in [-0.3, -0.25) is 9.59 Å². The highest BCUT2D eigenvalue weighted by atomic mass is 16.5. The first kappa shape index (κ1) is 19.4. The summed E-state index contributed by atoms with van der Waals surface area (Å²) in [4.78, 5) is 25.5. The lowest BCUT2D eigenvalue weighted by molar-refractivity contribution is -0.128. The van der Waals surface area contributed by atoms with E-state index in [1.807, 2.05) is 66.7 Å². The number of hydrogen-bond donors (Lipinski definition) is 1. The number of rotatable bonds is 7. The number of hydrogen-bond acceptors (Lipinski definition) is 3. The van der Waals surface area contributed by atoms with Crippen LogP contribution in [-0.2, 0) is 16.0 Å². The fourth-order valence-electron chi connectivity index (χ4n) is 2.88. The third kappa shape index (κ3) is 5.33. The molecular weight excluding hydrogens is 352 g/mol. The number of fused-ring (bicyclic) bond motifs is 1. The number of benzene rings is 3. The zero-order chi connectivity index (χ0) is 19.9. The number of anilines is 1. The molecule has 0 radical (unpaired) electrons. The van der Waals surface area contributed by atoms with Crippen molar-refractivity contribution < 1.29 is 14.3 Å². The lowest BCUT2D eigenvalue weighted by Crippen LogP contribution is -2.22. The van der Waals surface area contributed by atoms with E-state index in [0.29, 0.717) is 24.3 Å². The molecule has 3 aromatic rings. The van der Waals surface area contributed by atoms with Gasteiger partial charge >= 0.3 is 0 Å². The standard InChI is InChI=1S/C23H24N2O3/c1-25(2)23(27)13-10-17-6-5-9-20(14-17)24-22(26)16-28-21-12-11-18-7-3-4-8-19(18)15-21/h3-9,11-12,14-15H,10,13,16H2,1-2H3,(H,24,26). The molecule has 0 saturated carbocycles. The molecule has 3 aromatic carbocycles. The largest absolute Gasteiger partial charge is 0.484 e. The Morgan fingerprint density at radius 1 is 0.929 bits per heavy atom. The first-order valence-electron chi connectivity index (χ1n) is 9.22. The van der Waals surface area contributed by atoms with Crippen LogP contribution in [-0.4, -0.2) is 37.4 Å². The van der Waals surface area contributed by atoms with E-state index in [-0.39, 0.29) is 18.4 Å². The average Bonchev–Trinajstić information content (AvgIpc) is 2.70. The maximum atomic E-state index is 12.2. The summed E-state index contributed by atoms with van der Waals surface area (Å²) in [6.07, 6.45) is 1.07. The zero-order valence-electron chi connectivity index (χ0n) is 16.1. The second kappa shape index (κ2) is 9.04. The molecule has 0 spiro atoms. The molecule has 0 aliphatic heterocycles. The third-order valence-electron chi connectivity index (χ3n) is 4.43. The Bertz CT molecular complexity index is 982. The van der Waals surface area contributed by atoms with Crippen molar-refractivity contribution in [3.05, 3.63) is 72.3 Å². The van der Waals surface area contributed by atoms with Crippen LogP contribution < -0.4 is 10.1 Å². The molecule has 0 aromatic heterocycles. The number of nitrogens with zero attached hydrogens (tertiary/aromatic N) is 1. The fourth-order valence-corrected chi connectivity index (χ4v) is 2.88. The van der Waals surface area contributed by atoms with Crippen LogP contribution in [0.2, 0.25) is 0 Å². The quantitative estimate of drug-likeness (QED) is 0.681. The van der Waals surface area contributed by atoms with Gasteiger partial charge in [0.25, 0.3) is 5.91 Å². The summed E-state index contributed by atoms with van der Waals surface area (Å²) >= 11 is 0. The molecule has 0 aliphatic carbocycles. The minimum Gasteiger partial charge on any atom is -0.484 e. The van der Waals surface area contributed by atoms with E-state index < -0.39 is 0 Å². The van der Waals surface area contributed by atoms with Gasteiger partial charge in [0.1, 0.15) is 5.75 Å². The normalized spacial score (nSPS) is 10.5. The predicted octanol–water partition coefficient (Wildman–Crippen LogP) is 3.88. The van der Waals surface area contributed by atoms with E-state index in [9.17, 15) is 9.59 Å². The highest BCUT2D eigenvalue weighted by molar-refractivity contribution is 5.92. The molecule has 0 heterocycles. The van der Waals surface area contributed by atoms with Crippen molar-refractivity contribution in [2.24, 2.45) is 0 Å². The van der Waals surface area contributed by atoms with Crippen LogP contribution in [0.15, 0.2) is 66.7 Å². The Morgan fingerprint density at radius 3 is 2.50 bits per heavy atom. The van der Waals surface area contributed by atoms with Gasteiger partial charge in [-0.2, -0.15) is 0 Å². The Hall–Kier alpha value is -3.34. The second-order valence-electron chi connectivity index (χ2n) is 6.83. The fraction of sp³-hybridized carbons (Fsp3) is 0.217. The van der Waals surface area contributed by atoms with Gasteiger partial charge in [0.2, 0.25) is 5.91 Å². The first-order chi connectivity index (χ1) is 13.5. The third-order valence-corrected chi connectivity index (χ3v) is 4.43. The van der Waals surface area contributed by atoms with Gasteiger partial charge in [-0.15, -0.1) is 0 Å². The summed E-state index contributed by atoms with van der Waals surface area (Å²) in [5, 5.41) is 5.04. The molecule has 0 unspecified atom stereocenters. The van der Waals surface area contributed by atoms with Crippen LogP contribution in [0.1, 0.15) is 12.0 Å². The molecule has 0 aliphatic rings. The minimum atomic E-state index is -0.227. The summed E-state index contributed by atoms with van der Waals surface area (Å²) in [5.74, 6) is 0.512. The summed E-state index contributed by atoms with van der Waals surface area (Å²) in [7, 11) is 3.49. The smallest absolute Gasteiger partial charge is 0.262 e. The number of carbonyl (C=O) groups excluding carboxylic acids is 2. The highest BCUT2D eigenvalue weighted by Crippen LogP contribution is 2.20. The molecule has 0 atom stereocenters. The molecule has 0 bridgehead atoms. The molecule has 1 N–H and O–H groups in total. The van der Waals surface area contributed by atoms with Gasteiger partial charge in [0, 0.05) is 26.2 Å². The van der Waals surface area contributed by atoms with E-state index in [2.05, 4.69) is 5.32 Å². The van der Waals surface area contributed by atoms with E-state index in [4.69, 9.17) is 4.74 Å². The summed E-state index contributed by atoms with van der Waals surface area (Å²) in [6.45, 7) is -0.0678. The molecule has 0 saturated heterocycles. The van der Waals surface area contributed by atoms with Crippen molar-refractivity contribution in [2.45, 2.75) is 12.8 Å². The number of aryl methyl sites for hydroxylation is 1. The van der Waals surface area contributed by atoms with Crippen molar-refractivity contribution >= 4 is 28.3 Å². The Kier molecular flexibility index (Phi) is 6.27. The van der Waals surface area contributed by atoms with E-state index in [1.54, 1.807) is 19.0 Å². The highest BCUT2D eigenvalue weighted by Gasteiger charge is 2.07. The molecule has 2 amide bonds. The Labute approximate surface area is 164 Å². The molecule has 5 heteroatoms. The number of nitrogens with one attached hydrogen (secondary N) is 1. The van der Waals surface area contributed by atoms with E-state index in [0.717, 1.165) is 16.3 Å². The number of amides is 2. The van der Waals surface area contributed by atoms with Crippen LogP contribution in [0, 0.1) is 0 Å². The Morgan fingerprint density at radius 2 is 1.71 bits per heavy atom. The Balaban J connectivity index is 1.54. The van der Waals surface area contributed by atoms with Crippen LogP contribution in [0.25, 0.3) is 10.8 Å². The van der Waals surface area contributed by atoms with Gasteiger partial charge in [-0.05, 0) is 47.0 Å². The van der Waals surface area contributed by atoms with Gasteiger partial charge < -0.3 is 15.0 Å². The lowest BCUT2D eigenvalue weighted by Gasteiger charge is -2.11. The maximum Gasteiger partial charge on any atom is 0.262 e. The molecule has 3 rings (SSSR count). The van der Waals surface area contributed by atoms with Crippen LogP contribution in [0.5, 0.6) is 5.75 Å². The average molecular weight is 376 g/mol. The lowest BCUT2D eigenvalue weighted by atomic mass is 10.1. The van der Waals surface area contributed by atoms with Crippen molar-refractivity contribution in [2.75, 3.05) is 26.0 Å². The predicted molar refractivity (Wildman–Crippen MR) is 112 cm³/mol. The maximum absolute atomic E-state index is 12.2. The summed E-state index contributed by atoms with van der Waals surface area (Å²) in [5.41, 5.74) is 1.70. The molecular formula is C23H24N2O3. The number of carbonyl (C=O) groups is 2. The van der Waals surface area contributed by atoms with Crippen LogP contribution in [0.4, 0.5) is 5.69 Å². The van der Waals surface area contributed by atoms with Gasteiger partial charge in [-0.25, -0.2) is 0 Å². The number of ether oxygens (including phenoxy) is 1. The topological polar surface area (TPSA) is 58.6 Å². The summed E-state index contributed by atoms with van der Waals surface area (Å²) in [6, 6.07) is 21.3. The van der Waals surface area contributed by atoms with Crippen molar-refractivity contribution in [1.82, 2.24) is 4.90 Å². The van der Waals surface area contributed by atoms with Crippen molar-refractivity contribution in [3.63, 3.8) is 0 Å². The van der Waals surface area contributed by atoms with Crippen molar-refractivity contribution in [1.29, 1.82) is 0 Å². The van der Waals surface area contributed by atoms with E-state index >= 15 is 0 Å². The van der Waals surface area contributed by atoms with Gasteiger partial charge in [-0.1, -0.05) is 42.5 Å². The molecule has 5 nitrogen and oxygen atoms in total. The summed E-state index contributed by atoms with van der Waals surface area (Å²) < 4.78 is 5.62. The zero-order valence-corrected chi connectivity index (χ0v) is 16.1. The SMILES string of the molecule is CN(C)C(=O)CCc1cccc(NC(=O)COc2ccc3ccccc3c2)c1. The van der Waals surface area contributed by atoms with Crippen molar-refractivity contribution in [3.8, 4) is 5.75 Å². The van der Waals surface area contributed by atoms with Gasteiger partial charge in [0.05, 0.1) is 0 Å². The molecule has 144 valence electrons. The van der Waals surface area contributed by atoms with Crippen LogP contribution >= 0.6 is 0 Å². The minimum absolute atomic E-state index is 0.0678. The monoisotopic (exact) mass is 376 g/mol. The molecule has 0 fully saturated rings. The first-order valence-corrected chi connectivity index (χ1v) is 9.22. The van der Waals surface area contributed by atoms with Gasteiger partial charge in [0.15, 0.2) is 6.61 Å². The second-order valence-corrected chi connectivity index (χ2v) is 6.83.